The predicted octanol–water partition coefficient (Wildman–Crippen LogP) is 2.79. The van der Waals surface area contributed by atoms with E-state index < -0.39 is 0 Å². The van der Waals surface area contributed by atoms with Crippen molar-refractivity contribution in [1.29, 1.82) is 0 Å². The van der Waals surface area contributed by atoms with Crippen molar-refractivity contribution in [2.24, 2.45) is 0 Å². The molecule has 2 rings (SSSR count). The minimum Gasteiger partial charge on any atom is -0.299 e. The molecule has 0 N–H and O–H groups in total. The lowest BCUT2D eigenvalue weighted by Gasteiger charge is -2.32. The van der Waals surface area contributed by atoms with Crippen molar-refractivity contribution in [2.45, 2.75) is 39.0 Å². The molecule has 1 aromatic carbocycles. The molecule has 0 aromatic heterocycles. The molecule has 0 unspecified atom stereocenters. The highest BCUT2D eigenvalue weighted by Gasteiger charge is 2.35. The summed E-state index contributed by atoms with van der Waals surface area (Å²) in [6, 6.07) is 6.33. The van der Waals surface area contributed by atoms with Crippen LogP contribution in [0.1, 0.15) is 37.0 Å². The topological polar surface area (TPSA) is 17.1 Å². The minimum absolute atomic E-state index is 0.279. The molecular weight excluding hydrogens is 172 g/mol. The van der Waals surface area contributed by atoms with Crippen molar-refractivity contribution in [2.75, 3.05) is 0 Å². The number of hydrogen-bond acceptors (Lipinski definition) is 1. The smallest absolute Gasteiger partial charge is 0.143 e. The molecule has 0 heterocycles. The van der Waals surface area contributed by atoms with Crippen LogP contribution in [-0.2, 0) is 16.6 Å². The van der Waals surface area contributed by atoms with Gasteiger partial charge < -0.3 is 0 Å². The Morgan fingerprint density at radius 2 is 1.93 bits per heavy atom. The molecule has 0 bridgehead atoms. The zero-order valence-electron chi connectivity index (χ0n) is 9.05. The molecule has 0 saturated carbocycles. The summed E-state index contributed by atoms with van der Waals surface area (Å²) in [6.07, 6.45) is 1.61. The van der Waals surface area contributed by atoms with E-state index in [0.717, 1.165) is 6.42 Å². The number of Topliss-reactive ketones (excluding diaryl/α,β-unsaturated/α-hetero) is 1. The second kappa shape index (κ2) is 2.94. The average Bonchev–Trinajstić information content (AvgIpc) is 2.11. The summed E-state index contributed by atoms with van der Waals surface area (Å²) in [6.45, 7) is 6.18. The molecule has 0 radical (unpaired) electrons. The zero-order valence-corrected chi connectivity index (χ0v) is 9.05. The summed E-state index contributed by atoms with van der Waals surface area (Å²) in [4.78, 5) is 11.8. The maximum absolute atomic E-state index is 11.8. The molecule has 0 spiro atoms. The monoisotopic (exact) mass is 188 g/mol. The first-order chi connectivity index (χ1) is 6.53. The summed E-state index contributed by atoms with van der Waals surface area (Å²) in [5.41, 5.74) is 3.59. The molecule has 1 aliphatic rings. The van der Waals surface area contributed by atoms with Crippen molar-refractivity contribution >= 4 is 5.78 Å². The molecule has 14 heavy (non-hydrogen) atoms. The Morgan fingerprint density at radius 3 is 2.64 bits per heavy atom. The van der Waals surface area contributed by atoms with Gasteiger partial charge >= 0.3 is 0 Å². The number of benzene rings is 1. The van der Waals surface area contributed by atoms with E-state index in [-0.39, 0.29) is 5.41 Å². The fraction of sp³-hybridized carbons (Fsp3) is 0.462. The highest BCUT2D eigenvalue weighted by Crippen LogP contribution is 2.36. The van der Waals surface area contributed by atoms with Gasteiger partial charge in [0.1, 0.15) is 5.78 Å². The van der Waals surface area contributed by atoms with Gasteiger partial charge in [-0.3, -0.25) is 4.79 Å². The fourth-order valence-corrected chi connectivity index (χ4v) is 2.53. The van der Waals surface area contributed by atoms with Gasteiger partial charge in [-0.15, -0.1) is 0 Å². The van der Waals surface area contributed by atoms with E-state index in [1.54, 1.807) is 0 Å². The van der Waals surface area contributed by atoms with E-state index >= 15 is 0 Å². The third-order valence-corrected chi connectivity index (χ3v) is 3.30. The Labute approximate surface area is 85.1 Å². The first kappa shape index (κ1) is 9.45. The second-order valence-electron chi connectivity index (χ2n) is 4.66. The van der Waals surface area contributed by atoms with Crippen LogP contribution in [0.3, 0.4) is 0 Å². The number of aryl methyl sites for hydroxylation is 2. The van der Waals surface area contributed by atoms with Crippen LogP contribution < -0.4 is 0 Å². The average molecular weight is 188 g/mol. The highest BCUT2D eigenvalue weighted by atomic mass is 16.1. The van der Waals surface area contributed by atoms with Crippen LogP contribution in [0.15, 0.2) is 18.2 Å². The molecule has 0 amide bonds. The number of carbonyl (C=O) groups excluding carboxylic acids is 1. The number of carbonyl (C=O) groups is 1. The second-order valence-corrected chi connectivity index (χ2v) is 4.66. The molecule has 0 atom stereocenters. The van der Waals surface area contributed by atoms with Gasteiger partial charge in [0.25, 0.3) is 0 Å². The molecule has 0 saturated heterocycles. The van der Waals surface area contributed by atoms with Crippen LogP contribution in [0.25, 0.3) is 0 Å². The van der Waals surface area contributed by atoms with Crippen LogP contribution in [0.2, 0.25) is 0 Å². The number of hydrogen-bond donors (Lipinski definition) is 0. The molecule has 1 heteroatoms. The lowest BCUT2D eigenvalue weighted by atomic mass is 9.70. The SMILES string of the molecule is Cc1cccc2c1C(C)(C)C(=O)CC2. The predicted molar refractivity (Wildman–Crippen MR) is 57.5 cm³/mol. The standard InChI is InChI=1S/C13H16O/c1-9-5-4-6-10-7-8-11(14)13(2,3)12(9)10/h4-6H,7-8H2,1-3H3. The molecule has 0 aliphatic heterocycles. The van der Waals surface area contributed by atoms with E-state index in [0.29, 0.717) is 12.2 Å². The van der Waals surface area contributed by atoms with E-state index in [1.807, 2.05) is 13.8 Å². The third-order valence-electron chi connectivity index (χ3n) is 3.30. The van der Waals surface area contributed by atoms with E-state index in [9.17, 15) is 4.79 Å². The number of fused-ring (bicyclic) bond motifs is 1. The van der Waals surface area contributed by atoms with Gasteiger partial charge in [0.05, 0.1) is 0 Å². The van der Waals surface area contributed by atoms with Gasteiger partial charge in [-0.05, 0) is 43.9 Å². The highest BCUT2D eigenvalue weighted by molar-refractivity contribution is 5.91. The van der Waals surface area contributed by atoms with Crippen LogP contribution >= 0.6 is 0 Å². The maximum Gasteiger partial charge on any atom is 0.143 e. The molecule has 1 aromatic rings. The van der Waals surface area contributed by atoms with Crippen molar-refractivity contribution in [3.05, 3.63) is 34.9 Å². The fourth-order valence-electron chi connectivity index (χ4n) is 2.53. The van der Waals surface area contributed by atoms with Crippen molar-refractivity contribution in [3.63, 3.8) is 0 Å². The van der Waals surface area contributed by atoms with Crippen molar-refractivity contribution in [3.8, 4) is 0 Å². The van der Waals surface area contributed by atoms with Crippen molar-refractivity contribution in [1.82, 2.24) is 0 Å². The summed E-state index contributed by atoms with van der Waals surface area (Å²) < 4.78 is 0. The van der Waals surface area contributed by atoms with Gasteiger partial charge in [-0.2, -0.15) is 0 Å². The molecule has 74 valence electrons. The Balaban J connectivity index is 2.67. The third kappa shape index (κ3) is 1.19. The number of rotatable bonds is 0. The summed E-state index contributed by atoms with van der Waals surface area (Å²) in [5.74, 6) is 0.374. The van der Waals surface area contributed by atoms with Crippen LogP contribution in [-0.4, -0.2) is 5.78 Å². The van der Waals surface area contributed by atoms with Crippen molar-refractivity contribution < 1.29 is 4.79 Å². The number of ketones is 1. The lowest BCUT2D eigenvalue weighted by Crippen LogP contribution is -2.35. The van der Waals surface area contributed by atoms with E-state index in [2.05, 4.69) is 25.1 Å². The zero-order chi connectivity index (χ0) is 10.3. The van der Waals surface area contributed by atoms with E-state index in [4.69, 9.17) is 0 Å². The lowest BCUT2D eigenvalue weighted by molar-refractivity contribution is -0.124. The first-order valence-electron chi connectivity index (χ1n) is 5.16. The van der Waals surface area contributed by atoms with Crippen LogP contribution in [0.5, 0.6) is 0 Å². The summed E-state index contributed by atoms with van der Waals surface area (Å²) in [7, 11) is 0. The Morgan fingerprint density at radius 1 is 1.21 bits per heavy atom. The molecule has 1 aliphatic carbocycles. The van der Waals surface area contributed by atoms with Crippen LogP contribution in [0, 0.1) is 6.92 Å². The van der Waals surface area contributed by atoms with E-state index in [1.165, 1.54) is 16.7 Å². The largest absolute Gasteiger partial charge is 0.299 e. The minimum atomic E-state index is -0.279. The van der Waals surface area contributed by atoms with Gasteiger partial charge in [0.15, 0.2) is 0 Å². The van der Waals surface area contributed by atoms with Gasteiger partial charge in [-0.25, -0.2) is 0 Å². The summed E-state index contributed by atoms with van der Waals surface area (Å²) >= 11 is 0. The summed E-state index contributed by atoms with van der Waals surface area (Å²) in [5, 5.41) is 0. The first-order valence-corrected chi connectivity index (χ1v) is 5.16. The normalized spacial score (nSPS) is 19.2. The van der Waals surface area contributed by atoms with Crippen LogP contribution in [0.4, 0.5) is 0 Å². The maximum atomic E-state index is 11.8. The Hall–Kier alpha value is -1.11. The van der Waals surface area contributed by atoms with Gasteiger partial charge in [0, 0.05) is 11.8 Å². The molecule has 0 fully saturated rings. The molecule has 1 nitrogen and oxygen atoms in total. The molecular formula is C13H16O. The van der Waals surface area contributed by atoms with Gasteiger partial charge in [0.2, 0.25) is 0 Å². The Kier molecular flexibility index (Phi) is 1.99. The van der Waals surface area contributed by atoms with Gasteiger partial charge in [-0.1, -0.05) is 18.2 Å². The Bertz CT molecular complexity index is 388. The quantitative estimate of drug-likeness (QED) is 0.612.